The summed E-state index contributed by atoms with van der Waals surface area (Å²) < 4.78 is 10.7. The van der Waals surface area contributed by atoms with E-state index in [1.165, 1.54) is 12.4 Å². The van der Waals surface area contributed by atoms with Crippen molar-refractivity contribution in [1.29, 1.82) is 0 Å². The highest BCUT2D eigenvalue weighted by Gasteiger charge is 2.16. The van der Waals surface area contributed by atoms with E-state index in [9.17, 15) is 4.79 Å². The molecule has 1 fully saturated rings. The second-order valence-corrected chi connectivity index (χ2v) is 3.48. The van der Waals surface area contributed by atoms with Crippen molar-refractivity contribution in [2.24, 2.45) is 0 Å². The molecule has 1 aromatic rings. The average molecular weight is 224 g/mol. The first kappa shape index (κ1) is 10.8. The van der Waals surface area contributed by atoms with Crippen LogP contribution in [-0.4, -0.2) is 40.4 Å². The molecule has 0 amide bonds. The Balaban J connectivity index is 2.02. The Hall–Kier alpha value is -1.69. The van der Waals surface area contributed by atoms with E-state index >= 15 is 0 Å². The lowest BCUT2D eigenvalue weighted by Gasteiger charge is -2.22. The molecule has 0 aliphatic carbocycles. The molecule has 1 aromatic heterocycles. The molecule has 16 heavy (non-hydrogen) atoms. The zero-order chi connectivity index (χ0) is 11.4. The van der Waals surface area contributed by atoms with Crippen molar-refractivity contribution in [1.82, 2.24) is 9.97 Å². The first-order valence-corrected chi connectivity index (χ1v) is 5.05. The molecular weight excluding hydrogens is 212 g/mol. The monoisotopic (exact) mass is 224 g/mol. The van der Waals surface area contributed by atoms with Crippen LogP contribution in [0, 0.1) is 0 Å². The van der Waals surface area contributed by atoms with Crippen molar-refractivity contribution < 1.29 is 19.4 Å². The van der Waals surface area contributed by atoms with Crippen LogP contribution in [0.5, 0.6) is 5.88 Å². The van der Waals surface area contributed by atoms with Gasteiger partial charge in [0, 0.05) is 12.8 Å². The average Bonchev–Trinajstić information content (AvgIpc) is 2.30. The summed E-state index contributed by atoms with van der Waals surface area (Å²) in [5.41, 5.74) is -0.107. The highest BCUT2D eigenvalue weighted by atomic mass is 16.5. The molecule has 2 rings (SSSR count). The molecule has 6 nitrogen and oxygen atoms in total. The van der Waals surface area contributed by atoms with Gasteiger partial charge in [-0.1, -0.05) is 0 Å². The molecule has 0 saturated carbocycles. The van der Waals surface area contributed by atoms with E-state index in [4.69, 9.17) is 14.6 Å². The van der Waals surface area contributed by atoms with Crippen molar-refractivity contribution in [3.05, 3.63) is 18.1 Å². The number of aromatic carboxylic acids is 1. The molecule has 0 unspecified atom stereocenters. The lowest BCUT2D eigenvalue weighted by Crippen LogP contribution is -2.26. The van der Waals surface area contributed by atoms with Gasteiger partial charge in [0.2, 0.25) is 5.88 Å². The van der Waals surface area contributed by atoms with E-state index in [1.54, 1.807) is 0 Å². The van der Waals surface area contributed by atoms with Crippen molar-refractivity contribution in [2.75, 3.05) is 13.2 Å². The molecule has 0 atom stereocenters. The van der Waals surface area contributed by atoms with E-state index in [1.807, 2.05) is 0 Å². The quantitative estimate of drug-likeness (QED) is 0.815. The molecule has 2 heterocycles. The predicted octanol–water partition coefficient (Wildman–Crippen LogP) is 0.733. The Morgan fingerprint density at radius 2 is 2.19 bits per heavy atom. The van der Waals surface area contributed by atoms with Gasteiger partial charge in [0.15, 0.2) is 5.69 Å². The molecule has 1 N–H and O–H groups in total. The molecule has 0 radical (unpaired) electrons. The molecule has 86 valence electrons. The van der Waals surface area contributed by atoms with E-state index in [-0.39, 0.29) is 17.7 Å². The number of hydrogen-bond donors (Lipinski definition) is 1. The van der Waals surface area contributed by atoms with Gasteiger partial charge in [-0.2, -0.15) is 0 Å². The number of nitrogens with zero attached hydrogens (tertiary/aromatic N) is 2. The molecule has 1 saturated heterocycles. The number of hydrogen-bond acceptors (Lipinski definition) is 5. The fourth-order valence-electron chi connectivity index (χ4n) is 1.47. The third-order valence-corrected chi connectivity index (χ3v) is 2.29. The molecular formula is C10H12N2O4. The van der Waals surface area contributed by atoms with Crippen LogP contribution in [0.15, 0.2) is 12.4 Å². The van der Waals surface area contributed by atoms with Crippen LogP contribution < -0.4 is 4.74 Å². The second kappa shape index (κ2) is 4.89. The van der Waals surface area contributed by atoms with Gasteiger partial charge in [-0.15, -0.1) is 0 Å². The summed E-state index contributed by atoms with van der Waals surface area (Å²) >= 11 is 0. The van der Waals surface area contributed by atoms with Gasteiger partial charge in [-0.3, -0.25) is 4.98 Å². The normalized spacial score (nSPS) is 17.0. The number of rotatable bonds is 3. The van der Waals surface area contributed by atoms with Crippen LogP contribution in [-0.2, 0) is 4.74 Å². The molecule has 1 aliphatic heterocycles. The highest BCUT2D eigenvalue weighted by Crippen LogP contribution is 2.14. The topological polar surface area (TPSA) is 81.5 Å². The fourth-order valence-corrected chi connectivity index (χ4v) is 1.47. The lowest BCUT2D eigenvalue weighted by atomic mass is 10.2. The maximum atomic E-state index is 10.7. The van der Waals surface area contributed by atoms with E-state index in [0.717, 1.165) is 12.8 Å². The Morgan fingerprint density at radius 1 is 1.44 bits per heavy atom. The van der Waals surface area contributed by atoms with Crippen LogP contribution in [0.1, 0.15) is 23.3 Å². The third-order valence-electron chi connectivity index (χ3n) is 2.29. The molecule has 1 aliphatic rings. The fraction of sp³-hybridized carbons (Fsp3) is 0.500. The Bertz CT molecular complexity index is 377. The van der Waals surface area contributed by atoms with Crippen molar-refractivity contribution in [3.8, 4) is 5.88 Å². The van der Waals surface area contributed by atoms with Crippen LogP contribution in [0.2, 0.25) is 0 Å². The van der Waals surface area contributed by atoms with E-state index in [0.29, 0.717) is 13.2 Å². The van der Waals surface area contributed by atoms with Gasteiger partial charge >= 0.3 is 5.97 Å². The number of ether oxygens (including phenoxy) is 2. The van der Waals surface area contributed by atoms with Gasteiger partial charge in [-0.25, -0.2) is 9.78 Å². The van der Waals surface area contributed by atoms with Crippen molar-refractivity contribution in [2.45, 2.75) is 18.9 Å². The summed E-state index contributed by atoms with van der Waals surface area (Å²) in [6.45, 7) is 1.33. The third kappa shape index (κ3) is 2.66. The minimum Gasteiger partial charge on any atom is -0.476 e. The molecule has 0 bridgehead atoms. The van der Waals surface area contributed by atoms with E-state index in [2.05, 4.69) is 9.97 Å². The SMILES string of the molecule is O=C(O)c1cncc(OC2CCOCC2)n1. The Labute approximate surface area is 92.2 Å². The van der Waals surface area contributed by atoms with E-state index < -0.39 is 5.97 Å². The maximum Gasteiger partial charge on any atom is 0.356 e. The second-order valence-electron chi connectivity index (χ2n) is 3.48. The number of carbonyl (C=O) groups is 1. The summed E-state index contributed by atoms with van der Waals surface area (Å²) in [7, 11) is 0. The Kier molecular flexibility index (Phi) is 3.31. The largest absolute Gasteiger partial charge is 0.476 e. The predicted molar refractivity (Wildman–Crippen MR) is 53.5 cm³/mol. The summed E-state index contributed by atoms with van der Waals surface area (Å²) in [4.78, 5) is 18.3. The minimum atomic E-state index is -1.11. The van der Waals surface area contributed by atoms with Gasteiger partial charge < -0.3 is 14.6 Å². The molecule has 0 aromatic carbocycles. The zero-order valence-electron chi connectivity index (χ0n) is 8.63. The van der Waals surface area contributed by atoms with Crippen molar-refractivity contribution >= 4 is 5.97 Å². The van der Waals surface area contributed by atoms with Crippen LogP contribution in [0.25, 0.3) is 0 Å². The van der Waals surface area contributed by atoms with Gasteiger partial charge in [0.1, 0.15) is 6.10 Å². The van der Waals surface area contributed by atoms with Crippen LogP contribution >= 0.6 is 0 Å². The standard InChI is InChI=1S/C10H12N2O4/c13-10(14)8-5-11-6-9(12-8)16-7-1-3-15-4-2-7/h5-7H,1-4H2,(H,13,14). The summed E-state index contributed by atoms with van der Waals surface area (Å²) in [6, 6.07) is 0. The van der Waals surface area contributed by atoms with Crippen LogP contribution in [0.4, 0.5) is 0 Å². The zero-order valence-corrected chi connectivity index (χ0v) is 8.63. The smallest absolute Gasteiger partial charge is 0.356 e. The summed E-state index contributed by atoms with van der Waals surface area (Å²) in [6.07, 6.45) is 4.23. The lowest BCUT2D eigenvalue weighted by molar-refractivity contribution is 0.0233. The van der Waals surface area contributed by atoms with Crippen LogP contribution in [0.3, 0.4) is 0 Å². The first-order valence-electron chi connectivity index (χ1n) is 5.05. The minimum absolute atomic E-state index is 0.0343. The molecule has 0 spiro atoms. The Morgan fingerprint density at radius 3 is 2.88 bits per heavy atom. The summed E-state index contributed by atoms with van der Waals surface area (Å²) in [5, 5.41) is 8.74. The summed E-state index contributed by atoms with van der Waals surface area (Å²) in [5.74, 6) is -0.850. The maximum absolute atomic E-state index is 10.7. The van der Waals surface area contributed by atoms with Gasteiger partial charge in [0.05, 0.1) is 25.6 Å². The van der Waals surface area contributed by atoms with Gasteiger partial charge in [0.25, 0.3) is 0 Å². The number of aromatic nitrogens is 2. The first-order chi connectivity index (χ1) is 7.75. The van der Waals surface area contributed by atoms with Crippen molar-refractivity contribution in [3.63, 3.8) is 0 Å². The number of carboxylic acid groups (broad SMARTS) is 1. The molecule has 6 heteroatoms. The highest BCUT2D eigenvalue weighted by molar-refractivity contribution is 5.84. The van der Waals surface area contributed by atoms with Gasteiger partial charge in [-0.05, 0) is 0 Å². The number of carboxylic acids is 1.